The summed E-state index contributed by atoms with van der Waals surface area (Å²) in [4.78, 5) is 13.9. The topological polar surface area (TPSA) is 55.6 Å². The highest BCUT2D eigenvalue weighted by Crippen LogP contribution is 2.14. The minimum atomic E-state index is -0.637. The maximum absolute atomic E-state index is 12.3. The van der Waals surface area contributed by atoms with E-state index >= 15 is 0 Å². The monoisotopic (exact) mass is 298 g/mol. The van der Waals surface area contributed by atoms with Gasteiger partial charge in [-0.3, -0.25) is 4.79 Å². The summed E-state index contributed by atoms with van der Waals surface area (Å²) >= 11 is 0. The maximum atomic E-state index is 12.3. The van der Waals surface area contributed by atoms with Crippen LogP contribution in [0, 0.1) is 6.92 Å². The number of likely N-dealkylation sites (N-methyl/N-ethyl adjacent to an activating group) is 1. The molecule has 1 atom stereocenters. The van der Waals surface area contributed by atoms with Crippen LogP contribution >= 0.6 is 0 Å². The van der Waals surface area contributed by atoms with Crippen molar-refractivity contribution in [3.8, 4) is 5.75 Å². The largest absolute Gasteiger partial charge is 0.492 e. The van der Waals surface area contributed by atoms with Crippen molar-refractivity contribution in [1.29, 1.82) is 0 Å². The second-order valence-corrected chi connectivity index (χ2v) is 5.31. The Morgan fingerprint density at radius 2 is 1.77 bits per heavy atom. The normalized spacial score (nSPS) is 11.8. The number of hydrogen-bond donors (Lipinski definition) is 1. The number of nitrogens with two attached hydrogens (primary N) is 1. The third kappa shape index (κ3) is 4.33. The number of carbonyl (C=O) groups excluding carboxylic acids is 1. The molecule has 2 aromatic carbocycles. The number of hydrogen-bond acceptors (Lipinski definition) is 3. The van der Waals surface area contributed by atoms with E-state index < -0.39 is 6.04 Å². The van der Waals surface area contributed by atoms with Gasteiger partial charge in [0.2, 0.25) is 5.91 Å². The van der Waals surface area contributed by atoms with Crippen LogP contribution in [0.25, 0.3) is 0 Å². The average molecular weight is 298 g/mol. The van der Waals surface area contributed by atoms with E-state index in [1.54, 1.807) is 11.9 Å². The highest BCUT2D eigenvalue weighted by atomic mass is 16.5. The Morgan fingerprint density at radius 1 is 1.14 bits per heavy atom. The predicted octanol–water partition coefficient (Wildman–Crippen LogP) is 2.53. The van der Waals surface area contributed by atoms with Gasteiger partial charge >= 0.3 is 0 Å². The summed E-state index contributed by atoms with van der Waals surface area (Å²) in [6, 6.07) is 16.6. The van der Waals surface area contributed by atoms with E-state index in [1.807, 2.05) is 61.5 Å². The molecule has 1 unspecified atom stereocenters. The third-order valence-corrected chi connectivity index (χ3v) is 3.52. The van der Waals surface area contributed by atoms with Crippen LogP contribution in [-0.4, -0.2) is 31.0 Å². The van der Waals surface area contributed by atoms with Crippen molar-refractivity contribution in [2.75, 3.05) is 20.2 Å². The first-order valence-electron chi connectivity index (χ1n) is 7.33. The van der Waals surface area contributed by atoms with Crippen molar-refractivity contribution in [3.63, 3.8) is 0 Å². The first kappa shape index (κ1) is 16.0. The van der Waals surface area contributed by atoms with Crippen molar-refractivity contribution >= 4 is 5.91 Å². The van der Waals surface area contributed by atoms with Crippen molar-refractivity contribution in [1.82, 2.24) is 4.90 Å². The van der Waals surface area contributed by atoms with E-state index in [1.165, 1.54) is 0 Å². The Morgan fingerprint density at radius 3 is 2.41 bits per heavy atom. The van der Waals surface area contributed by atoms with Crippen LogP contribution in [0.2, 0.25) is 0 Å². The number of aryl methyl sites for hydroxylation is 1. The first-order chi connectivity index (χ1) is 10.6. The Bertz CT molecular complexity index is 596. The minimum Gasteiger partial charge on any atom is -0.492 e. The number of carbonyl (C=O) groups is 1. The SMILES string of the molecule is Cc1ccc(C(N)C(=O)N(C)CCOc2ccccc2)cc1. The van der Waals surface area contributed by atoms with E-state index in [-0.39, 0.29) is 5.91 Å². The number of benzene rings is 2. The van der Waals surface area contributed by atoms with Gasteiger partial charge in [0.1, 0.15) is 18.4 Å². The summed E-state index contributed by atoms with van der Waals surface area (Å²) in [5.74, 6) is 0.687. The van der Waals surface area contributed by atoms with Crippen LogP contribution in [0.5, 0.6) is 5.75 Å². The average Bonchev–Trinajstić information content (AvgIpc) is 2.55. The van der Waals surface area contributed by atoms with Crippen LogP contribution in [0.3, 0.4) is 0 Å². The Hall–Kier alpha value is -2.33. The molecule has 0 bridgehead atoms. The molecule has 2 aromatic rings. The molecule has 0 aliphatic heterocycles. The summed E-state index contributed by atoms with van der Waals surface area (Å²) in [7, 11) is 1.74. The van der Waals surface area contributed by atoms with Crippen molar-refractivity contribution in [2.24, 2.45) is 5.73 Å². The molecule has 0 saturated heterocycles. The van der Waals surface area contributed by atoms with Crippen LogP contribution in [0.1, 0.15) is 17.2 Å². The van der Waals surface area contributed by atoms with Gasteiger partial charge < -0.3 is 15.4 Å². The molecule has 0 aliphatic carbocycles. The highest BCUT2D eigenvalue weighted by Gasteiger charge is 2.19. The van der Waals surface area contributed by atoms with Gasteiger partial charge in [0, 0.05) is 7.05 Å². The molecule has 4 nitrogen and oxygen atoms in total. The summed E-state index contributed by atoms with van der Waals surface area (Å²) in [5, 5.41) is 0. The van der Waals surface area contributed by atoms with Gasteiger partial charge in [-0.05, 0) is 24.6 Å². The first-order valence-corrected chi connectivity index (χ1v) is 7.33. The van der Waals surface area contributed by atoms with Crippen LogP contribution in [0.4, 0.5) is 0 Å². The standard InChI is InChI=1S/C18H22N2O2/c1-14-8-10-15(11-9-14)17(19)18(21)20(2)12-13-22-16-6-4-3-5-7-16/h3-11,17H,12-13,19H2,1-2H3. The lowest BCUT2D eigenvalue weighted by Crippen LogP contribution is -2.38. The van der Waals surface area contributed by atoms with Gasteiger partial charge in [0.25, 0.3) is 0 Å². The molecule has 0 aromatic heterocycles. The summed E-state index contributed by atoms with van der Waals surface area (Å²) in [6.07, 6.45) is 0. The fourth-order valence-corrected chi connectivity index (χ4v) is 2.08. The minimum absolute atomic E-state index is 0.111. The summed E-state index contributed by atoms with van der Waals surface area (Å²) in [6.45, 7) is 2.93. The van der Waals surface area contributed by atoms with Crippen molar-refractivity contribution < 1.29 is 9.53 Å². The molecule has 22 heavy (non-hydrogen) atoms. The smallest absolute Gasteiger partial charge is 0.243 e. The van der Waals surface area contributed by atoms with E-state index in [0.29, 0.717) is 13.2 Å². The number of para-hydroxylation sites is 1. The molecule has 2 N–H and O–H groups in total. The predicted molar refractivity (Wildman–Crippen MR) is 87.7 cm³/mol. The molecule has 4 heteroatoms. The van der Waals surface area contributed by atoms with Crippen LogP contribution in [-0.2, 0) is 4.79 Å². The number of ether oxygens (including phenoxy) is 1. The lowest BCUT2D eigenvalue weighted by Gasteiger charge is -2.21. The number of rotatable bonds is 6. The molecule has 2 rings (SSSR count). The molecular formula is C18H22N2O2. The lowest BCUT2D eigenvalue weighted by atomic mass is 10.1. The van der Waals surface area contributed by atoms with Crippen LogP contribution in [0.15, 0.2) is 54.6 Å². The molecule has 0 heterocycles. The Kier molecular flexibility index (Phi) is 5.55. The van der Waals surface area contributed by atoms with E-state index in [9.17, 15) is 4.79 Å². The molecule has 0 aliphatic rings. The van der Waals surface area contributed by atoms with Crippen molar-refractivity contribution in [3.05, 3.63) is 65.7 Å². The van der Waals surface area contributed by atoms with Gasteiger partial charge in [-0.1, -0.05) is 48.0 Å². The molecule has 1 amide bonds. The molecule has 0 fully saturated rings. The quantitative estimate of drug-likeness (QED) is 0.891. The number of nitrogens with zero attached hydrogens (tertiary/aromatic N) is 1. The second kappa shape index (κ2) is 7.61. The van der Waals surface area contributed by atoms with Crippen LogP contribution < -0.4 is 10.5 Å². The highest BCUT2D eigenvalue weighted by molar-refractivity contribution is 5.82. The molecule has 116 valence electrons. The van der Waals surface area contributed by atoms with E-state index in [2.05, 4.69) is 0 Å². The fourth-order valence-electron chi connectivity index (χ4n) is 2.08. The molecule has 0 saturated carbocycles. The van der Waals surface area contributed by atoms with Gasteiger partial charge in [0.05, 0.1) is 6.54 Å². The van der Waals surface area contributed by atoms with Crippen molar-refractivity contribution in [2.45, 2.75) is 13.0 Å². The lowest BCUT2D eigenvalue weighted by molar-refractivity contribution is -0.131. The summed E-state index contributed by atoms with van der Waals surface area (Å²) in [5.41, 5.74) is 8.01. The van der Waals surface area contributed by atoms with Gasteiger partial charge in [-0.25, -0.2) is 0 Å². The molecule has 0 radical (unpaired) electrons. The Labute approximate surface area is 131 Å². The molecule has 0 spiro atoms. The van der Waals surface area contributed by atoms with E-state index in [0.717, 1.165) is 16.9 Å². The zero-order chi connectivity index (χ0) is 15.9. The fraction of sp³-hybridized carbons (Fsp3) is 0.278. The third-order valence-electron chi connectivity index (χ3n) is 3.52. The molecular weight excluding hydrogens is 276 g/mol. The zero-order valence-corrected chi connectivity index (χ0v) is 13.0. The summed E-state index contributed by atoms with van der Waals surface area (Å²) < 4.78 is 5.59. The second-order valence-electron chi connectivity index (χ2n) is 5.31. The van der Waals surface area contributed by atoms with Gasteiger partial charge in [-0.15, -0.1) is 0 Å². The van der Waals surface area contributed by atoms with Gasteiger partial charge in [0.15, 0.2) is 0 Å². The van der Waals surface area contributed by atoms with E-state index in [4.69, 9.17) is 10.5 Å². The number of amides is 1. The maximum Gasteiger partial charge on any atom is 0.243 e. The van der Waals surface area contributed by atoms with Gasteiger partial charge in [-0.2, -0.15) is 0 Å². The zero-order valence-electron chi connectivity index (χ0n) is 13.0. The Balaban J connectivity index is 1.84.